The zero-order chi connectivity index (χ0) is 22.7. The molecule has 1 aromatic heterocycles. The van der Waals surface area contributed by atoms with Gasteiger partial charge in [-0.2, -0.15) is 11.8 Å². The third-order valence-corrected chi connectivity index (χ3v) is 7.97. The summed E-state index contributed by atoms with van der Waals surface area (Å²) in [7, 11) is 0. The molecule has 0 saturated carbocycles. The number of rotatable bonds is 7. The lowest BCUT2D eigenvalue weighted by Gasteiger charge is -2.36. The summed E-state index contributed by atoms with van der Waals surface area (Å²) in [5, 5.41) is 6.01. The molecule has 0 spiro atoms. The van der Waals surface area contributed by atoms with Crippen molar-refractivity contribution >= 4 is 46.5 Å². The highest BCUT2D eigenvalue weighted by atomic mass is 35.5. The number of dihydropyridines is 1. The van der Waals surface area contributed by atoms with Crippen LogP contribution < -0.4 is 5.32 Å². The summed E-state index contributed by atoms with van der Waals surface area (Å²) in [6.45, 7) is 4.31. The van der Waals surface area contributed by atoms with Crippen molar-refractivity contribution < 1.29 is 14.3 Å². The number of allylic oxidation sites excluding steroid dienone is 3. The largest absolute Gasteiger partial charge is 0.461 e. The summed E-state index contributed by atoms with van der Waals surface area (Å²) in [4.78, 5) is 27.9. The Kier molecular flexibility index (Phi) is 7.44. The van der Waals surface area contributed by atoms with E-state index in [2.05, 4.69) is 18.3 Å². The van der Waals surface area contributed by atoms with Crippen LogP contribution in [0.1, 0.15) is 49.0 Å². The first kappa shape index (κ1) is 23.1. The summed E-state index contributed by atoms with van der Waals surface area (Å²) < 4.78 is 5.61. The van der Waals surface area contributed by atoms with Gasteiger partial charge in [-0.25, -0.2) is 4.79 Å². The first-order chi connectivity index (χ1) is 15.5. The third kappa shape index (κ3) is 4.82. The predicted octanol–water partition coefficient (Wildman–Crippen LogP) is 6.06. The van der Waals surface area contributed by atoms with Crippen molar-refractivity contribution in [3.63, 3.8) is 0 Å². The monoisotopic (exact) mass is 487 g/mol. The van der Waals surface area contributed by atoms with Gasteiger partial charge in [0.25, 0.3) is 0 Å². The van der Waals surface area contributed by atoms with Crippen molar-refractivity contribution in [1.29, 1.82) is 0 Å². The van der Waals surface area contributed by atoms with Crippen molar-refractivity contribution in [2.75, 3.05) is 18.1 Å². The molecule has 4 nitrogen and oxygen atoms in total. The van der Waals surface area contributed by atoms with Crippen molar-refractivity contribution in [2.24, 2.45) is 0 Å². The fraction of sp³-hybridized carbons (Fsp3) is 0.360. The molecule has 0 unspecified atom stereocenters. The molecular formula is C25H26ClNO3S2. The maximum atomic E-state index is 13.5. The lowest BCUT2D eigenvalue weighted by molar-refractivity contribution is -0.138. The lowest BCUT2D eigenvalue weighted by Crippen LogP contribution is -2.36. The van der Waals surface area contributed by atoms with Gasteiger partial charge >= 0.3 is 5.97 Å². The number of halogens is 1. The van der Waals surface area contributed by atoms with Crippen LogP contribution in [0.5, 0.6) is 0 Å². The molecule has 1 aromatic carbocycles. The molecule has 2 aliphatic rings. The van der Waals surface area contributed by atoms with Crippen molar-refractivity contribution in [3.05, 3.63) is 79.8 Å². The van der Waals surface area contributed by atoms with E-state index in [1.165, 1.54) is 4.88 Å². The minimum atomic E-state index is -0.479. The van der Waals surface area contributed by atoms with E-state index in [0.717, 1.165) is 34.9 Å². The number of carbonyl (C=O) groups is 2. The summed E-state index contributed by atoms with van der Waals surface area (Å²) in [6, 6.07) is 11.5. The molecule has 168 valence electrons. The third-order valence-electron chi connectivity index (χ3n) is 5.84. The number of ether oxygens (including phenoxy) is 1. The Labute approximate surface area is 202 Å². The highest BCUT2D eigenvalue weighted by Crippen LogP contribution is 2.46. The highest BCUT2D eigenvalue weighted by Gasteiger charge is 2.41. The van der Waals surface area contributed by atoms with E-state index in [1.54, 1.807) is 29.2 Å². The van der Waals surface area contributed by atoms with Crippen LogP contribution in [0.4, 0.5) is 0 Å². The number of carbonyl (C=O) groups excluding carboxylic acids is 2. The number of thioether (sulfide) groups is 1. The molecule has 0 radical (unpaired) electrons. The number of hydrogen-bond acceptors (Lipinski definition) is 6. The Morgan fingerprint density at radius 1 is 1.28 bits per heavy atom. The second-order valence-corrected chi connectivity index (χ2v) is 10.7. The predicted molar refractivity (Wildman–Crippen MR) is 132 cm³/mol. The highest BCUT2D eigenvalue weighted by molar-refractivity contribution is 7.99. The number of Topliss-reactive ketones (excluding diaryl/α,β-unsaturated/α-hetero) is 1. The molecule has 2 aromatic rings. The minimum Gasteiger partial charge on any atom is -0.461 e. The van der Waals surface area contributed by atoms with Gasteiger partial charge in [0.05, 0.1) is 5.57 Å². The number of thiophene rings is 1. The van der Waals surface area contributed by atoms with Crippen LogP contribution in [-0.2, 0) is 14.3 Å². The van der Waals surface area contributed by atoms with E-state index in [1.807, 2.05) is 36.6 Å². The molecule has 2 heterocycles. The van der Waals surface area contributed by atoms with Crippen LogP contribution >= 0.6 is 34.7 Å². The first-order valence-electron chi connectivity index (χ1n) is 10.8. The average Bonchev–Trinajstić information content (AvgIpc) is 3.30. The van der Waals surface area contributed by atoms with Crippen LogP contribution in [0.3, 0.4) is 0 Å². The lowest BCUT2D eigenvalue weighted by atomic mass is 9.72. The number of ketones is 1. The second kappa shape index (κ2) is 10.3. The number of esters is 1. The molecule has 1 N–H and O–H groups in total. The van der Waals surface area contributed by atoms with Crippen LogP contribution in [0.15, 0.2) is 64.3 Å². The van der Waals surface area contributed by atoms with Gasteiger partial charge in [0.15, 0.2) is 5.78 Å². The fourth-order valence-corrected chi connectivity index (χ4v) is 5.99. The van der Waals surface area contributed by atoms with Crippen molar-refractivity contribution in [3.8, 4) is 0 Å². The van der Waals surface area contributed by atoms with E-state index in [-0.39, 0.29) is 17.7 Å². The Balaban J connectivity index is 1.71. The molecule has 1 aliphatic heterocycles. The van der Waals surface area contributed by atoms with E-state index in [9.17, 15) is 9.59 Å². The molecule has 1 aliphatic carbocycles. The maximum absolute atomic E-state index is 13.5. The number of benzene rings is 1. The zero-order valence-electron chi connectivity index (χ0n) is 18.2. The van der Waals surface area contributed by atoms with Gasteiger partial charge in [0.1, 0.15) is 6.61 Å². The topological polar surface area (TPSA) is 55.4 Å². The van der Waals surface area contributed by atoms with Crippen LogP contribution in [0.25, 0.3) is 0 Å². The van der Waals surface area contributed by atoms with E-state index >= 15 is 0 Å². The maximum Gasteiger partial charge on any atom is 0.336 e. The Hall–Kier alpha value is -2.02. The van der Waals surface area contributed by atoms with Gasteiger partial charge < -0.3 is 10.1 Å². The van der Waals surface area contributed by atoms with E-state index in [4.69, 9.17) is 16.3 Å². The zero-order valence-corrected chi connectivity index (χ0v) is 20.5. The van der Waals surface area contributed by atoms with Crippen molar-refractivity contribution in [2.45, 2.75) is 38.5 Å². The van der Waals surface area contributed by atoms with Crippen LogP contribution in [0.2, 0.25) is 5.02 Å². The molecule has 0 saturated heterocycles. The van der Waals surface area contributed by atoms with E-state index in [0.29, 0.717) is 29.2 Å². The van der Waals surface area contributed by atoms with Gasteiger partial charge in [0, 0.05) is 50.9 Å². The molecule has 2 atom stereocenters. The van der Waals surface area contributed by atoms with Gasteiger partial charge in [-0.3, -0.25) is 4.79 Å². The number of nitrogens with one attached hydrogen (secondary N) is 1. The quantitative estimate of drug-likeness (QED) is 0.380. The molecule has 32 heavy (non-hydrogen) atoms. The van der Waals surface area contributed by atoms with E-state index < -0.39 is 5.92 Å². The Morgan fingerprint density at radius 3 is 2.84 bits per heavy atom. The van der Waals surface area contributed by atoms with Crippen molar-refractivity contribution in [1.82, 2.24) is 5.32 Å². The average molecular weight is 488 g/mol. The molecule has 7 heteroatoms. The van der Waals surface area contributed by atoms with Gasteiger partial charge in [-0.15, -0.1) is 11.3 Å². The minimum absolute atomic E-state index is 0.0708. The Morgan fingerprint density at radius 2 is 2.12 bits per heavy atom. The fourth-order valence-electron chi connectivity index (χ4n) is 4.47. The van der Waals surface area contributed by atoms with Gasteiger partial charge in [-0.05, 0) is 48.2 Å². The Bertz CT molecular complexity index is 1070. The molecule has 0 amide bonds. The normalized spacial score (nSPS) is 20.8. The summed E-state index contributed by atoms with van der Waals surface area (Å²) in [5.74, 6) is 1.09. The van der Waals surface area contributed by atoms with Gasteiger partial charge in [0.2, 0.25) is 0 Å². The molecule has 4 rings (SSSR count). The first-order valence-corrected chi connectivity index (χ1v) is 13.2. The molecular weight excluding hydrogens is 462 g/mol. The SMILES string of the molecule is CCSCCOC(=O)C1=C(C)NC2=C(C(=O)C[C@H](c3cccs3)C2)[C@@H]1c1cccc(Cl)c1. The summed E-state index contributed by atoms with van der Waals surface area (Å²) >= 11 is 9.70. The van der Waals surface area contributed by atoms with Crippen LogP contribution in [0, 0.1) is 0 Å². The summed E-state index contributed by atoms with van der Waals surface area (Å²) in [6.07, 6.45) is 1.18. The molecule has 0 bridgehead atoms. The van der Waals surface area contributed by atoms with Crippen LogP contribution in [-0.4, -0.2) is 29.9 Å². The summed E-state index contributed by atoms with van der Waals surface area (Å²) in [5.41, 5.74) is 3.64. The number of hydrogen-bond donors (Lipinski definition) is 1. The molecule has 0 fully saturated rings. The smallest absolute Gasteiger partial charge is 0.336 e. The standard InChI is InChI=1S/C25H26ClNO3S2/c1-3-31-11-9-30-25(29)22-15(2)27-19-13-17(21-8-5-10-32-21)14-20(28)24(19)23(22)16-6-4-7-18(26)12-16/h4-8,10,12,17,23,27H,3,9,11,13-14H2,1-2H3/t17-,23-/m1/s1. The van der Waals surface area contributed by atoms with Gasteiger partial charge in [-0.1, -0.05) is 36.7 Å². The second-order valence-electron chi connectivity index (χ2n) is 7.92.